The predicted octanol–water partition coefficient (Wildman–Crippen LogP) is 4.03. The van der Waals surface area contributed by atoms with Gasteiger partial charge in [-0.25, -0.2) is 0 Å². The molecule has 1 aromatic carbocycles. The van der Waals surface area contributed by atoms with E-state index in [2.05, 4.69) is 24.3 Å². The van der Waals surface area contributed by atoms with Crippen LogP contribution in [0.1, 0.15) is 19.5 Å². The summed E-state index contributed by atoms with van der Waals surface area (Å²) in [5, 5.41) is 1.93. The van der Waals surface area contributed by atoms with Crippen LogP contribution in [0.15, 0.2) is 18.2 Å². The maximum Gasteiger partial charge on any atom is 0.0927 e. The van der Waals surface area contributed by atoms with Gasteiger partial charge in [-0.2, -0.15) is 0 Å². The molecule has 0 spiro atoms. The third-order valence-corrected chi connectivity index (χ3v) is 3.31. The predicted molar refractivity (Wildman–Crippen MR) is 78.1 cm³/mol. The molecule has 1 aromatic heterocycles. The number of aromatic nitrogens is 1. The number of hydrazine groups is 1. The first-order valence-electron chi connectivity index (χ1n) is 5.77. The summed E-state index contributed by atoms with van der Waals surface area (Å²) in [5.41, 5.74) is 5.06. The maximum absolute atomic E-state index is 6.18. The van der Waals surface area contributed by atoms with Gasteiger partial charge in [0.1, 0.15) is 0 Å². The van der Waals surface area contributed by atoms with Gasteiger partial charge in [-0.15, -0.1) is 0 Å². The molecule has 1 heterocycles. The van der Waals surface area contributed by atoms with Gasteiger partial charge >= 0.3 is 0 Å². The lowest BCUT2D eigenvalue weighted by Gasteiger charge is -2.12. The molecule has 2 rings (SSSR count). The smallest absolute Gasteiger partial charge is 0.0927 e. The number of anilines is 1. The van der Waals surface area contributed by atoms with Gasteiger partial charge in [0.25, 0.3) is 0 Å². The molecule has 3 nitrogen and oxygen atoms in total. The molecule has 0 unspecified atom stereocenters. The fourth-order valence-electron chi connectivity index (χ4n) is 1.96. The average Bonchev–Trinajstić information content (AvgIpc) is 2.32. The van der Waals surface area contributed by atoms with Crippen LogP contribution in [0.4, 0.5) is 5.69 Å². The molecule has 0 fully saturated rings. The van der Waals surface area contributed by atoms with Crippen molar-refractivity contribution in [2.75, 3.05) is 5.43 Å². The van der Waals surface area contributed by atoms with Gasteiger partial charge in [-0.1, -0.05) is 37.0 Å². The molecule has 0 bridgehead atoms. The van der Waals surface area contributed by atoms with Crippen molar-refractivity contribution in [3.8, 4) is 0 Å². The monoisotopic (exact) mass is 283 g/mol. The zero-order chi connectivity index (χ0) is 13.3. The number of benzene rings is 1. The SMILES string of the molecule is CC(C)Cc1cc(NN)c2c(Cl)ccc(Cl)c2n1. The van der Waals surface area contributed by atoms with Crippen LogP contribution in [0.2, 0.25) is 10.0 Å². The van der Waals surface area contributed by atoms with Crippen molar-refractivity contribution in [1.29, 1.82) is 0 Å². The molecule has 5 heteroatoms. The van der Waals surface area contributed by atoms with E-state index in [0.29, 0.717) is 21.5 Å². The second-order valence-electron chi connectivity index (χ2n) is 4.66. The molecule has 0 saturated heterocycles. The number of nitrogens with two attached hydrogens (primary N) is 1. The minimum atomic E-state index is 0.513. The Morgan fingerprint density at radius 1 is 1.28 bits per heavy atom. The van der Waals surface area contributed by atoms with Crippen LogP contribution in [0.3, 0.4) is 0 Å². The average molecular weight is 284 g/mol. The first-order valence-corrected chi connectivity index (χ1v) is 6.52. The van der Waals surface area contributed by atoms with E-state index in [4.69, 9.17) is 29.0 Å². The lowest BCUT2D eigenvalue weighted by atomic mass is 10.1. The van der Waals surface area contributed by atoms with E-state index in [1.54, 1.807) is 12.1 Å². The minimum absolute atomic E-state index is 0.513. The highest BCUT2D eigenvalue weighted by Crippen LogP contribution is 2.34. The molecule has 18 heavy (non-hydrogen) atoms. The summed E-state index contributed by atoms with van der Waals surface area (Å²) in [6, 6.07) is 5.42. The Hall–Kier alpha value is -1.03. The largest absolute Gasteiger partial charge is 0.323 e. The number of nitrogens with zero attached hydrogens (tertiary/aromatic N) is 1. The van der Waals surface area contributed by atoms with Crippen molar-refractivity contribution >= 4 is 39.8 Å². The van der Waals surface area contributed by atoms with Gasteiger partial charge in [-0.05, 0) is 30.5 Å². The van der Waals surface area contributed by atoms with Gasteiger partial charge in [0.2, 0.25) is 0 Å². The number of nitrogens with one attached hydrogen (secondary N) is 1. The number of hydrogen-bond donors (Lipinski definition) is 2. The highest BCUT2D eigenvalue weighted by atomic mass is 35.5. The highest BCUT2D eigenvalue weighted by molar-refractivity contribution is 6.40. The Morgan fingerprint density at radius 2 is 1.94 bits per heavy atom. The van der Waals surface area contributed by atoms with Crippen LogP contribution in [-0.2, 0) is 6.42 Å². The number of rotatable bonds is 3. The second kappa shape index (κ2) is 5.31. The van der Waals surface area contributed by atoms with Crippen molar-refractivity contribution in [1.82, 2.24) is 4.98 Å². The normalized spacial score (nSPS) is 11.2. The van der Waals surface area contributed by atoms with Crippen molar-refractivity contribution in [2.24, 2.45) is 11.8 Å². The van der Waals surface area contributed by atoms with Crippen LogP contribution >= 0.6 is 23.2 Å². The first kappa shape index (κ1) is 13.4. The van der Waals surface area contributed by atoms with Gasteiger partial charge < -0.3 is 5.43 Å². The van der Waals surface area contributed by atoms with Gasteiger partial charge in [-0.3, -0.25) is 10.8 Å². The van der Waals surface area contributed by atoms with E-state index in [-0.39, 0.29) is 0 Å². The third-order valence-electron chi connectivity index (χ3n) is 2.69. The number of fused-ring (bicyclic) bond motifs is 1. The summed E-state index contributed by atoms with van der Waals surface area (Å²) in [4.78, 5) is 4.57. The molecule has 0 radical (unpaired) electrons. The highest BCUT2D eigenvalue weighted by Gasteiger charge is 2.12. The van der Waals surface area contributed by atoms with E-state index < -0.39 is 0 Å². The zero-order valence-corrected chi connectivity index (χ0v) is 11.8. The van der Waals surface area contributed by atoms with Crippen LogP contribution in [0.25, 0.3) is 10.9 Å². The maximum atomic E-state index is 6.18. The lowest BCUT2D eigenvalue weighted by Crippen LogP contribution is -2.09. The van der Waals surface area contributed by atoms with Crippen molar-refractivity contribution in [3.63, 3.8) is 0 Å². The van der Waals surface area contributed by atoms with Crippen LogP contribution < -0.4 is 11.3 Å². The fourth-order valence-corrected chi connectivity index (χ4v) is 2.41. The number of nitrogen functional groups attached to an aromatic ring is 1. The Balaban J connectivity index is 2.71. The standard InChI is InChI=1S/C13H15Cl2N3/c1-7(2)5-8-6-11(18-16)12-9(14)3-4-10(15)13(12)17-8/h3-4,6-7H,5,16H2,1-2H3,(H,17,18). The van der Waals surface area contributed by atoms with Gasteiger partial charge in [0.05, 0.1) is 21.2 Å². The molecular formula is C13H15Cl2N3. The number of halogens is 2. The molecule has 2 aromatic rings. The molecule has 96 valence electrons. The van der Waals surface area contributed by atoms with E-state index >= 15 is 0 Å². The molecule has 0 saturated carbocycles. The number of hydrogen-bond acceptors (Lipinski definition) is 3. The third kappa shape index (κ3) is 2.53. The summed E-state index contributed by atoms with van der Waals surface area (Å²) >= 11 is 12.4. The van der Waals surface area contributed by atoms with Gasteiger partial charge in [0.15, 0.2) is 0 Å². The molecule has 0 amide bonds. The topological polar surface area (TPSA) is 50.9 Å². The zero-order valence-electron chi connectivity index (χ0n) is 10.3. The van der Waals surface area contributed by atoms with E-state index in [1.165, 1.54) is 0 Å². The molecule has 0 aliphatic heterocycles. The Morgan fingerprint density at radius 3 is 2.56 bits per heavy atom. The summed E-state index contributed by atoms with van der Waals surface area (Å²) in [5.74, 6) is 6.07. The van der Waals surface area contributed by atoms with Crippen LogP contribution in [-0.4, -0.2) is 4.98 Å². The first-order chi connectivity index (χ1) is 8.52. The van der Waals surface area contributed by atoms with E-state index in [9.17, 15) is 0 Å². The Kier molecular flexibility index (Phi) is 3.95. The summed E-state index contributed by atoms with van der Waals surface area (Å²) in [6.07, 6.45) is 0.869. The molecule has 0 aliphatic carbocycles. The van der Waals surface area contributed by atoms with E-state index in [0.717, 1.165) is 23.2 Å². The van der Waals surface area contributed by atoms with Crippen LogP contribution in [0, 0.1) is 5.92 Å². The Labute approximate surface area is 116 Å². The van der Waals surface area contributed by atoms with Gasteiger partial charge in [0, 0.05) is 11.1 Å². The summed E-state index contributed by atoms with van der Waals surface area (Å²) < 4.78 is 0. The number of pyridine rings is 1. The van der Waals surface area contributed by atoms with Crippen LogP contribution in [0.5, 0.6) is 0 Å². The summed E-state index contributed by atoms with van der Waals surface area (Å²) in [7, 11) is 0. The van der Waals surface area contributed by atoms with Crippen molar-refractivity contribution in [2.45, 2.75) is 20.3 Å². The molecule has 0 aliphatic rings. The molecule has 0 atom stereocenters. The van der Waals surface area contributed by atoms with E-state index in [1.807, 2.05) is 6.07 Å². The van der Waals surface area contributed by atoms with Crippen molar-refractivity contribution < 1.29 is 0 Å². The lowest BCUT2D eigenvalue weighted by molar-refractivity contribution is 0.637. The molecule has 3 N–H and O–H groups in total. The minimum Gasteiger partial charge on any atom is -0.323 e. The quantitative estimate of drug-likeness (QED) is 0.661. The fraction of sp³-hybridized carbons (Fsp3) is 0.308. The van der Waals surface area contributed by atoms with Crippen molar-refractivity contribution in [3.05, 3.63) is 33.9 Å². The molecular weight excluding hydrogens is 269 g/mol. The summed E-state index contributed by atoms with van der Waals surface area (Å²) in [6.45, 7) is 4.28. The Bertz CT molecular complexity index is 582. The second-order valence-corrected chi connectivity index (χ2v) is 5.47.